The molecule has 1 aromatic heterocycles. The lowest BCUT2D eigenvalue weighted by Gasteiger charge is -2.19. The molecule has 0 aliphatic rings. The number of aryl methyl sites for hydroxylation is 1. The van der Waals surface area contributed by atoms with E-state index in [1.54, 1.807) is 16.9 Å². The Kier molecular flexibility index (Phi) is 4.79. The van der Waals surface area contributed by atoms with Crippen molar-refractivity contribution >= 4 is 0 Å². The molecule has 0 saturated heterocycles. The van der Waals surface area contributed by atoms with Crippen molar-refractivity contribution in [2.45, 2.75) is 32.9 Å². The maximum Gasteiger partial charge on any atom is 0.163 e. The Hall–Kier alpha value is -1.82. The molecule has 4 nitrogen and oxygen atoms in total. The van der Waals surface area contributed by atoms with Gasteiger partial charge in [-0.05, 0) is 19.0 Å². The van der Waals surface area contributed by atoms with Gasteiger partial charge in [-0.2, -0.15) is 0 Å². The SMILES string of the molecule is CCCn1nncc1C(NCC)c1cccc(F)c1F. The summed E-state index contributed by atoms with van der Waals surface area (Å²) >= 11 is 0. The van der Waals surface area contributed by atoms with Gasteiger partial charge in [0.15, 0.2) is 11.6 Å². The molecule has 1 heterocycles. The summed E-state index contributed by atoms with van der Waals surface area (Å²) in [6.07, 6.45) is 2.48. The number of rotatable bonds is 6. The first-order valence-electron chi connectivity index (χ1n) is 6.74. The van der Waals surface area contributed by atoms with Gasteiger partial charge in [0.05, 0.1) is 17.9 Å². The molecular weight excluding hydrogens is 262 g/mol. The van der Waals surface area contributed by atoms with E-state index in [4.69, 9.17) is 0 Å². The second-order valence-electron chi connectivity index (χ2n) is 4.52. The summed E-state index contributed by atoms with van der Waals surface area (Å²) in [5, 5.41) is 11.0. The van der Waals surface area contributed by atoms with Crippen molar-refractivity contribution in [2.24, 2.45) is 0 Å². The molecule has 108 valence electrons. The lowest BCUT2D eigenvalue weighted by atomic mass is 10.0. The van der Waals surface area contributed by atoms with Crippen molar-refractivity contribution < 1.29 is 8.78 Å². The molecule has 2 aromatic rings. The minimum atomic E-state index is -0.847. The molecule has 0 spiro atoms. The molecule has 1 aromatic carbocycles. The van der Waals surface area contributed by atoms with Gasteiger partial charge >= 0.3 is 0 Å². The molecule has 0 bridgehead atoms. The van der Waals surface area contributed by atoms with E-state index in [0.717, 1.165) is 18.2 Å². The summed E-state index contributed by atoms with van der Waals surface area (Å²) in [4.78, 5) is 0. The minimum Gasteiger partial charge on any atom is -0.305 e. The highest BCUT2D eigenvalue weighted by Gasteiger charge is 2.22. The Bertz CT molecular complexity index is 568. The molecule has 1 atom stereocenters. The van der Waals surface area contributed by atoms with Crippen LogP contribution in [0.25, 0.3) is 0 Å². The molecule has 20 heavy (non-hydrogen) atoms. The average Bonchev–Trinajstić information content (AvgIpc) is 2.88. The molecule has 0 radical (unpaired) electrons. The van der Waals surface area contributed by atoms with E-state index < -0.39 is 17.7 Å². The fraction of sp³-hybridized carbons (Fsp3) is 0.429. The van der Waals surface area contributed by atoms with Crippen LogP contribution in [-0.4, -0.2) is 21.5 Å². The predicted octanol–water partition coefficient (Wildman–Crippen LogP) is 2.67. The first-order chi connectivity index (χ1) is 9.69. The zero-order valence-electron chi connectivity index (χ0n) is 11.6. The van der Waals surface area contributed by atoms with Gasteiger partial charge in [0, 0.05) is 12.1 Å². The highest BCUT2D eigenvalue weighted by Crippen LogP contribution is 2.25. The van der Waals surface area contributed by atoms with Crippen molar-refractivity contribution in [3.63, 3.8) is 0 Å². The quantitative estimate of drug-likeness (QED) is 0.884. The third kappa shape index (κ3) is 2.85. The highest BCUT2D eigenvalue weighted by atomic mass is 19.2. The second-order valence-corrected chi connectivity index (χ2v) is 4.52. The topological polar surface area (TPSA) is 42.7 Å². The molecule has 1 unspecified atom stereocenters. The van der Waals surface area contributed by atoms with Crippen molar-refractivity contribution in [3.8, 4) is 0 Å². The first-order valence-corrected chi connectivity index (χ1v) is 6.74. The van der Waals surface area contributed by atoms with Crippen molar-refractivity contribution in [3.05, 3.63) is 47.3 Å². The number of hydrogen-bond donors (Lipinski definition) is 1. The fourth-order valence-electron chi connectivity index (χ4n) is 2.20. The van der Waals surface area contributed by atoms with Gasteiger partial charge in [-0.15, -0.1) is 5.10 Å². The van der Waals surface area contributed by atoms with Crippen molar-refractivity contribution in [2.75, 3.05) is 6.54 Å². The van der Waals surface area contributed by atoms with Crippen LogP contribution < -0.4 is 5.32 Å². The van der Waals surface area contributed by atoms with Crippen LogP contribution in [0.3, 0.4) is 0 Å². The van der Waals surface area contributed by atoms with Crippen LogP contribution in [0.5, 0.6) is 0 Å². The summed E-state index contributed by atoms with van der Waals surface area (Å²) < 4.78 is 29.2. The summed E-state index contributed by atoms with van der Waals surface area (Å²) in [6, 6.07) is 3.74. The van der Waals surface area contributed by atoms with Gasteiger partial charge < -0.3 is 5.32 Å². The van der Waals surface area contributed by atoms with Gasteiger partial charge in [0.2, 0.25) is 0 Å². The number of nitrogens with one attached hydrogen (secondary N) is 1. The molecular formula is C14H18F2N4. The van der Waals surface area contributed by atoms with Gasteiger partial charge in [0.1, 0.15) is 0 Å². The van der Waals surface area contributed by atoms with E-state index in [9.17, 15) is 8.78 Å². The van der Waals surface area contributed by atoms with Crippen LogP contribution in [0.1, 0.15) is 37.6 Å². The third-order valence-corrected chi connectivity index (χ3v) is 3.08. The van der Waals surface area contributed by atoms with Crippen LogP contribution in [0.2, 0.25) is 0 Å². The molecule has 0 aliphatic carbocycles. The number of benzene rings is 1. The van der Waals surface area contributed by atoms with Gasteiger partial charge in [-0.1, -0.05) is 31.2 Å². The van der Waals surface area contributed by atoms with Crippen molar-refractivity contribution in [1.29, 1.82) is 0 Å². The monoisotopic (exact) mass is 280 g/mol. The standard InChI is InChI=1S/C14H18F2N4/c1-3-8-20-12(9-18-19-20)14(17-4-2)10-6-5-7-11(15)13(10)16/h5-7,9,14,17H,3-4,8H2,1-2H3. The normalized spacial score (nSPS) is 12.6. The smallest absolute Gasteiger partial charge is 0.163 e. The van der Waals surface area contributed by atoms with Crippen molar-refractivity contribution in [1.82, 2.24) is 20.3 Å². The Morgan fingerprint density at radius 3 is 2.80 bits per heavy atom. The summed E-state index contributed by atoms with van der Waals surface area (Å²) in [7, 11) is 0. The molecule has 0 fully saturated rings. The maximum atomic E-state index is 14.0. The van der Waals surface area contributed by atoms with E-state index in [1.165, 1.54) is 6.07 Å². The third-order valence-electron chi connectivity index (χ3n) is 3.08. The number of nitrogens with zero attached hydrogens (tertiary/aromatic N) is 3. The summed E-state index contributed by atoms with van der Waals surface area (Å²) in [5.41, 5.74) is 1.00. The van der Waals surface area contributed by atoms with Crippen LogP contribution in [0, 0.1) is 11.6 Å². The van der Waals surface area contributed by atoms with Gasteiger partial charge in [-0.3, -0.25) is 0 Å². The Morgan fingerprint density at radius 1 is 1.30 bits per heavy atom. The predicted molar refractivity (Wildman–Crippen MR) is 72.2 cm³/mol. The zero-order chi connectivity index (χ0) is 14.5. The lowest BCUT2D eigenvalue weighted by molar-refractivity contribution is 0.466. The van der Waals surface area contributed by atoms with Crippen LogP contribution in [0.4, 0.5) is 8.78 Å². The van der Waals surface area contributed by atoms with Crippen LogP contribution >= 0.6 is 0 Å². The van der Waals surface area contributed by atoms with E-state index in [0.29, 0.717) is 13.1 Å². The molecule has 6 heteroatoms. The molecule has 0 saturated carbocycles. The van der Waals surface area contributed by atoms with Gasteiger partial charge in [0.25, 0.3) is 0 Å². The van der Waals surface area contributed by atoms with E-state index in [1.807, 2.05) is 13.8 Å². The maximum absolute atomic E-state index is 14.0. The largest absolute Gasteiger partial charge is 0.305 e. The Morgan fingerprint density at radius 2 is 2.10 bits per heavy atom. The molecule has 1 N–H and O–H groups in total. The molecule has 0 aliphatic heterocycles. The molecule has 2 rings (SSSR count). The number of aromatic nitrogens is 3. The lowest BCUT2D eigenvalue weighted by Crippen LogP contribution is -2.26. The van der Waals surface area contributed by atoms with E-state index in [-0.39, 0.29) is 5.56 Å². The zero-order valence-corrected chi connectivity index (χ0v) is 11.6. The average molecular weight is 280 g/mol. The minimum absolute atomic E-state index is 0.270. The van der Waals surface area contributed by atoms with Crippen LogP contribution in [0.15, 0.2) is 24.4 Å². The van der Waals surface area contributed by atoms with E-state index >= 15 is 0 Å². The highest BCUT2D eigenvalue weighted by molar-refractivity contribution is 5.29. The van der Waals surface area contributed by atoms with Crippen LogP contribution in [-0.2, 0) is 6.54 Å². The second kappa shape index (κ2) is 6.56. The number of hydrogen-bond acceptors (Lipinski definition) is 3. The molecule has 0 amide bonds. The summed E-state index contributed by atoms with van der Waals surface area (Å²) in [5.74, 6) is -1.68. The fourth-order valence-corrected chi connectivity index (χ4v) is 2.20. The van der Waals surface area contributed by atoms with E-state index in [2.05, 4.69) is 15.6 Å². The number of halogens is 2. The summed E-state index contributed by atoms with van der Waals surface area (Å²) in [6.45, 7) is 5.25. The van der Waals surface area contributed by atoms with Gasteiger partial charge in [-0.25, -0.2) is 13.5 Å². The Labute approximate surface area is 116 Å². The first kappa shape index (κ1) is 14.6. The Balaban J connectivity index is 2.45.